The Balaban J connectivity index is 2.12. The maximum atomic E-state index is 9.75. The number of thiazole rings is 1. The van der Waals surface area contributed by atoms with E-state index in [1.165, 1.54) is 11.3 Å². The minimum atomic E-state index is -0.552. The minimum Gasteiger partial charge on any atom is -0.502 e. The summed E-state index contributed by atoms with van der Waals surface area (Å²) >= 11 is 11.1. The van der Waals surface area contributed by atoms with Crippen molar-refractivity contribution in [2.75, 3.05) is 0 Å². The summed E-state index contributed by atoms with van der Waals surface area (Å²) in [6, 6.07) is 16.0. The Hall–Kier alpha value is -1.89. The fourth-order valence-electron chi connectivity index (χ4n) is 2.42. The molecule has 0 radical (unpaired) electrons. The van der Waals surface area contributed by atoms with Crippen LogP contribution >= 0.6 is 35.8 Å². The highest BCUT2D eigenvalue weighted by Gasteiger charge is 2.23. The summed E-state index contributed by atoms with van der Waals surface area (Å²) in [6.07, 6.45) is 0.102. The van der Waals surface area contributed by atoms with Crippen LogP contribution in [0.15, 0.2) is 48.5 Å². The highest BCUT2D eigenvalue weighted by Crippen LogP contribution is 2.35. The second-order valence-corrected chi connectivity index (χ2v) is 7.01. The second kappa shape index (κ2) is 6.70. The van der Waals surface area contributed by atoms with Gasteiger partial charge < -0.3 is 10.2 Å². The third-order valence-corrected chi connectivity index (χ3v) is 5.08. The summed E-state index contributed by atoms with van der Waals surface area (Å²) in [7, 11) is 0. The maximum Gasteiger partial charge on any atom is 0.167 e. The van der Waals surface area contributed by atoms with Crippen LogP contribution in [-0.2, 0) is 0 Å². The molecule has 0 aliphatic carbocycles. The quantitative estimate of drug-likeness (QED) is 0.613. The lowest BCUT2D eigenvalue weighted by atomic mass is 10.0. The first-order chi connectivity index (χ1) is 11.1. The first-order valence-corrected chi connectivity index (χ1v) is 8.59. The topological polar surface area (TPSA) is 53.4 Å². The highest BCUT2D eigenvalue weighted by atomic mass is 32.1. The van der Waals surface area contributed by atoms with Gasteiger partial charge in [0.1, 0.15) is 5.01 Å². The van der Waals surface area contributed by atoms with E-state index in [0.717, 1.165) is 21.3 Å². The van der Waals surface area contributed by atoms with Crippen molar-refractivity contribution in [2.45, 2.75) is 12.3 Å². The normalized spacial score (nSPS) is 12.2. The zero-order valence-corrected chi connectivity index (χ0v) is 14.4. The molecule has 0 saturated carbocycles. The Kier molecular flexibility index (Phi) is 4.66. The molecule has 1 aromatic heterocycles. The van der Waals surface area contributed by atoms with Gasteiger partial charge in [-0.15, -0.1) is 11.3 Å². The summed E-state index contributed by atoms with van der Waals surface area (Å²) in [5.74, 6) is -0.552. The number of aromatic nitrogens is 1. The molecule has 116 valence electrons. The van der Waals surface area contributed by atoms with Crippen molar-refractivity contribution in [3.63, 3.8) is 0 Å². The van der Waals surface area contributed by atoms with Gasteiger partial charge >= 0.3 is 0 Å². The van der Waals surface area contributed by atoms with Gasteiger partial charge in [0.15, 0.2) is 10.1 Å². The number of hydrogen-bond acceptors (Lipinski definition) is 4. The Labute approximate surface area is 148 Å². The fraction of sp³-hybridized carbons (Fsp3) is 0.118. The number of aliphatic hydroxyl groups is 2. The zero-order chi connectivity index (χ0) is 16.4. The molecule has 2 N–H and O–H groups in total. The number of aliphatic hydroxyl groups excluding tert-OH is 2. The van der Waals surface area contributed by atoms with Crippen molar-refractivity contribution in [1.29, 1.82) is 0 Å². The van der Waals surface area contributed by atoms with E-state index < -0.39 is 5.92 Å². The van der Waals surface area contributed by atoms with Crippen molar-refractivity contribution in [3.8, 4) is 11.1 Å². The van der Waals surface area contributed by atoms with Gasteiger partial charge in [0.2, 0.25) is 0 Å². The Morgan fingerprint density at radius 1 is 1.04 bits per heavy atom. The molecule has 0 spiro atoms. The van der Waals surface area contributed by atoms with Gasteiger partial charge in [-0.05, 0) is 36.1 Å². The molecule has 1 atom stereocenters. The van der Waals surface area contributed by atoms with Gasteiger partial charge in [0.25, 0.3) is 0 Å². The van der Waals surface area contributed by atoms with E-state index in [-0.39, 0.29) is 16.5 Å². The molecule has 1 heterocycles. The summed E-state index contributed by atoms with van der Waals surface area (Å²) in [6.45, 7) is 0. The third kappa shape index (κ3) is 3.39. The molecule has 3 nitrogen and oxygen atoms in total. The highest BCUT2D eigenvalue weighted by molar-refractivity contribution is 7.80. The summed E-state index contributed by atoms with van der Waals surface area (Å²) in [5.41, 5.74) is 2.97. The molecule has 0 saturated heterocycles. The SMILES string of the molecule is OC(=S)CC(C(O)=S)c1nc2c(-c3ccccc3)cccc2s1. The van der Waals surface area contributed by atoms with Gasteiger partial charge in [-0.1, -0.05) is 42.5 Å². The van der Waals surface area contributed by atoms with Gasteiger partial charge in [-0.3, -0.25) is 0 Å². The van der Waals surface area contributed by atoms with Crippen LogP contribution < -0.4 is 0 Å². The lowest BCUT2D eigenvalue weighted by molar-refractivity contribution is 0.511. The predicted octanol–water partition coefficient (Wildman–Crippen LogP) is 5.21. The summed E-state index contributed by atoms with van der Waals surface area (Å²) < 4.78 is 1.01. The maximum absolute atomic E-state index is 9.75. The molecule has 0 aliphatic heterocycles. The minimum absolute atomic E-state index is 0.102. The van der Waals surface area contributed by atoms with E-state index in [0.29, 0.717) is 5.01 Å². The summed E-state index contributed by atoms with van der Waals surface area (Å²) in [4.78, 5) is 4.66. The molecule has 0 amide bonds. The first-order valence-electron chi connectivity index (χ1n) is 6.95. The fourth-order valence-corrected chi connectivity index (χ4v) is 3.95. The van der Waals surface area contributed by atoms with Gasteiger partial charge in [0.05, 0.1) is 16.1 Å². The van der Waals surface area contributed by atoms with Crippen LogP contribution in [0.1, 0.15) is 17.3 Å². The van der Waals surface area contributed by atoms with Crippen LogP contribution in [-0.4, -0.2) is 25.3 Å². The number of nitrogens with zero attached hydrogens (tertiary/aromatic N) is 1. The lowest BCUT2D eigenvalue weighted by Crippen LogP contribution is -2.13. The molecule has 0 bridgehead atoms. The smallest absolute Gasteiger partial charge is 0.167 e. The Bertz CT molecular complexity index is 874. The van der Waals surface area contributed by atoms with Crippen LogP contribution in [0.2, 0.25) is 0 Å². The molecule has 6 heteroatoms. The van der Waals surface area contributed by atoms with Crippen molar-refractivity contribution < 1.29 is 10.2 Å². The first kappa shape index (κ1) is 16.0. The van der Waals surface area contributed by atoms with Crippen molar-refractivity contribution in [3.05, 3.63) is 53.5 Å². The van der Waals surface area contributed by atoms with Gasteiger partial charge in [0, 0.05) is 12.0 Å². The van der Waals surface area contributed by atoms with Crippen LogP contribution in [0.3, 0.4) is 0 Å². The average molecular weight is 359 g/mol. The summed E-state index contributed by atoms with van der Waals surface area (Å²) in [5, 5.41) is 19.4. The molecule has 0 fully saturated rings. The number of thiocarbonyl (C=S) groups is 2. The standard InChI is InChI=1S/C17H13NO2S3/c19-14(21)9-12(17(20)22)16-18-15-11(7-4-8-13(15)23-16)10-5-2-1-3-6-10/h1-8,12H,9H2,(H,19,21)(H,20,22). The van der Waals surface area contributed by atoms with Crippen molar-refractivity contribution in [2.24, 2.45) is 0 Å². The Morgan fingerprint density at radius 2 is 1.78 bits per heavy atom. The number of hydrogen-bond donors (Lipinski definition) is 2. The molecular formula is C17H13NO2S3. The third-order valence-electron chi connectivity index (χ3n) is 3.50. The average Bonchev–Trinajstić information content (AvgIpc) is 2.96. The zero-order valence-electron chi connectivity index (χ0n) is 12.0. The van der Waals surface area contributed by atoms with E-state index in [1.807, 2.05) is 48.5 Å². The monoisotopic (exact) mass is 359 g/mol. The predicted molar refractivity (Wildman–Crippen MR) is 103 cm³/mol. The van der Waals surface area contributed by atoms with Gasteiger partial charge in [-0.2, -0.15) is 0 Å². The van der Waals surface area contributed by atoms with Crippen LogP contribution in [0, 0.1) is 0 Å². The number of benzene rings is 2. The van der Waals surface area contributed by atoms with Crippen LogP contribution in [0.4, 0.5) is 0 Å². The van der Waals surface area contributed by atoms with Gasteiger partial charge in [-0.25, -0.2) is 4.98 Å². The largest absolute Gasteiger partial charge is 0.502 e. The van der Waals surface area contributed by atoms with Crippen LogP contribution in [0.5, 0.6) is 0 Å². The second-order valence-electron chi connectivity index (χ2n) is 5.06. The lowest BCUT2D eigenvalue weighted by Gasteiger charge is -2.09. The van der Waals surface area contributed by atoms with Crippen molar-refractivity contribution in [1.82, 2.24) is 4.98 Å². The molecule has 2 aromatic carbocycles. The molecule has 3 rings (SSSR count). The van der Waals surface area contributed by atoms with E-state index in [4.69, 9.17) is 24.4 Å². The Morgan fingerprint density at radius 3 is 2.43 bits per heavy atom. The van der Waals surface area contributed by atoms with E-state index in [9.17, 15) is 10.2 Å². The number of rotatable bonds is 5. The molecular weight excluding hydrogens is 346 g/mol. The molecule has 23 heavy (non-hydrogen) atoms. The van der Waals surface area contributed by atoms with E-state index in [1.54, 1.807) is 0 Å². The van der Waals surface area contributed by atoms with Crippen LogP contribution in [0.25, 0.3) is 21.3 Å². The number of para-hydroxylation sites is 1. The van der Waals surface area contributed by atoms with E-state index >= 15 is 0 Å². The molecule has 0 aliphatic rings. The van der Waals surface area contributed by atoms with Crippen molar-refractivity contribution >= 4 is 56.1 Å². The molecule has 3 aromatic rings. The molecule has 1 unspecified atom stereocenters. The number of fused-ring (bicyclic) bond motifs is 1. The van der Waals surface area contributed by atoms with E-state index in [2.05, 4.69) is 4.98 Å².